The monoisotopic (exact) mass is 407 g/mol. The van der Waals surface area contributed by atoms with Crippen molar-refractivity contribution in [2.45, 2.75) is 32.2 Å². The van der Waals surface area contributed by atoms with Gasteiger partial charge in [0, 0.05) is 33.9 Å². The summed E-state index contributed by atoms with van der Waals surface area (Å²) in [6.07, 6.45) is 1.13. The molecule has 0 bridgehead atoms. The molecule has 0 aliphatic carbocycles. The van der Waals surface area contributed by atoms with Gasteiger partial charge < -0.3 is 5.32 Å². The predicted molar refractivity (Wildman–Crippen MR) is 100 cm³/mol. The third-order valence-electron chi connectivity index (χ3n) is 3.61. The Bertz CT molecular complexity index is 698. The number of benzene rings is 2. The molecule has 0 aliphatic rings. The Morgan fingerprint density at radius 1 is 1.04 bits per heavy atom. The number of nitrogens with one attached hydrogen (secondary N) is 1. The number of hydrogen-bond donors (Lipinski definition) is 1. The van der Waals surface area contributed by atoms with Crippen molar-refractivity contribution >= 4 is 39.2 Å². The summed E-state index contributed by atoms with van der Waals surface area (Å²) in [7, 11) is 0. The fourth-order valence-corrected chi connectivity index (χ4v) is 2.77. The molecule has 0 aliphatic heterocycles. The van der Waals surface area contributed by atoms with Gasteiger partial charge in [-0.05, 0) is 55.3 Å². The predicted octanol–water partition coefficient (Wildman–Crippen LogP) is 4.81. The number of hydrogen-bond acceptors (Lipinski definition) is 2. The van der Waals surface area contributed by atoms with Gasteiger partial charge in [-0.25, -0.2) is 0 Å². The van der Waals surface area contributed by atoms with Crippen LogP contribution in [0, 0.1) is 0 Å². The number of Topliss-reactive ketones (excluding diaryl/α,β-unsaturated/α-hetero) is 1. The second-order valence-corrected chi connectivity index (χ2v) is 7.08. The average Bonchev–Trinajstić information content (AvgIpc) is 2.55. The molecule has 5 heteroatoms. The molecule has 2 aromatic carbocycles. The molecule has 1 N–H and O–H groups in total. The number of amides is 1. The standard InChI is InChI=1S/C19H19BrClNO2/c1-13(12-14-2-6-16(20)7-3-14)22-19(24)11-10-18(23)15-4-8-17(21)9-5-15/h2-9,13H,10-12H2,1H3,(H,22,24). The van der Waals surface area contributed by atoms with Gasteiger partial charge >= 0.3 is 0 Å². The Kier molecular flexibility index (Phi) is 7.00. The first kappa shape index (κ1) is 18.7. The highest BCUT2D eigenvalue weighted by atomic mass is 79.9. The summed E-state index contributed by atoms with van der Waals surface area (Å²) in [5.74, 6) is -0.163. The minimum Gasteiger partial charge on any atom is -0.353 e. The molecule has 0 fully saturated rings. The highest BCUT2D eigenvalue weighted by Crippen LogP contribution is 2.13. The van der Waals surface area contributed by atoms with E-state index in [1.165, 1.54) is 0 Å². The van der Waals surface area contributed by atoms with Crippen LogP contribution >= 0.6 is 27.5 Å². The van der Waals surface area contributed by atoms with Crippen LogP contribution in [0.4, 0.5) is 0 Å². The summed E-state index contributed by atoms with van der Waals surface area (Å²) in [6.45, 7) is 1.96. The molecule has 126 valence electrons. The normalized spacial score (nSPS) is 11.8. The van der Waals surface area contributed by atoms with E-state index in [1.807, 2.05) is 31.2 Å². The van der Waals surface area contributed by atoms with Crippen molar-refractivity contribution in [1.82, 2.24) is 5.32 Å². The fourth-order valence-electron chi connectivity index (χ4n) is 2.38. The minimum absolute atomic E-state index is 0.0179. The number of carbonyl (C=O) groups excluding carboxylic acids is 2. The molecular formula is C19H19BrClNO2. The van der Waals surface area contributed by atoms with Crippen LogP contribution in [0.25, 0.3) is 0 Å². The van der Waals surface area contributed by atoms with Crippen molar-refractivity contribution in [3.63, 3.8) is 0 Å². The maximum atomic E-state index is 12.0. The highest BCUT2D eigenvalue weighted by molar-refractivity contribution is 9.10. The molecule has 0 saturated carbocycles. The van der Waals surface area contributed by atoms with Crippen molar-refractivity contribution in [3.05, 3.63) is 69.2 Å². The topological polar surface area (TPSA) is 46.2 Å². The maximum absolute atomic E-state index is 12.0. The SMILES string of the molecule is CC(Cc1ccc(Br)cc1)NC(=O)CCC(=O)c1ccc(Cl)cc1. The van der Waals surface area contributed by atoms with Gasteiger partial charge in [0.15, 0.2) is 5.78 Å². The zero-order valence-corrected chi connectivity index (χ0v) is 15.7. The first-order valence-corrected chi connectivity index (χ1v) is 8.93. The summed E-state index contributed by atoms with van der Waals surface area (Å²) < 4.78 is 1.03. The third kappa shape index (κ3) is 6.10. The quantitative estimate of drug-likeness (QED) is 0.668. The van der Waals surface area contributed by atoms with Gasteiger partial charge in [-0.15, -0.1) is 0 Å². The Balaban J connectivity index is 1.77. The van der Waals surface area contributed by atoms with Crippen molar-refractivity contribution in [2.75, 3.05) is 0 Å². The van der Waals surface area contributed by atoms with E-state index >= 15 is 0 Å². The van der Waals surface area contributed by atoms with Gasteiger partial charge in [0.05, 0.1) is 0 Å². The van der Waals surface area contributed by atoms with E-state index in [0.29, 0.717) is 10.6 Å². The zero-order valence-electron chi connectivity index (χ0n) is 13.4. The second kappa shape index (κ2) is 9.00. The first-order valence-electron chi connectivity index (χ1n) is 7.76. The number of rotatable bonds is 7. The summed E-state index contributed by atoms with van der Waals surface area (Å²) in [6, 6.07) is 14.7. The molecule has 0 aromatic heterocycles. The Hall–Kier alpha value is -1.65. The third-order valence-corrected chi connectivity index (χ3v) is 4.39. The molecule has 2 rings (SSSR count). The second-order valence-electron chi connectivity index (χ2n) is 5.73. The first-order chi connectivity index (χ1) is 11.4. The van der Waals surface area contributed by atoms with Crippen molar-refractivity contribution in [3.8, 4) is 0 Å². The number of ketones is 1. The highest BCUT2D eigenvalue weighted by Gasteiger charge is 2.12. The zero-order chi connectivity index (χ0) is 17.5. The van der Waals surface area contributed by atoms with Gasteiger partial charge in [0.25, 0.3) is 0 Å². The molecule has 1 atom stereocenters. The van der Waals surface area contributed by atoms with Crippen LogP contribution in [-0.2, 0) is 11.2 Å². The van der Waals surface area contributed by atoms with Crippen molar-refractivity contribution in [2.24, 2.45) is 0 Å². The van der Waals surface area contributed by atoms with E-state index in [2.05, 4.69) is 21.2 Å². The molecule has 24 heavy (non-hydrogen) atoms. The van der Waals surface area contributed by atoms with Crippen molar-refractivity contribution < 1.29 is 9.59 Å². The van der Waals surface area contributed by atoms with Gasteiger partial charge in [-0.2, -0.15) is 0 Å². The lowest BCUT2D eigenvalue weighted by atomic mass is 10.1. The number of halogens is 2. The molecule has 3 nitrogen and oxygen atoms in total. The summed E-state index contributed by atoms with van der Waals surface area (Å²) in [5, 5.41) is 3.52. The van der Waals surface area contributed by atoms with Gasteiger partial charge in [-0.3, -0.25) is 9.59 Å². The fraction of sp³-hybridized carbons (Fsp3) is 0.263. The Morgan fingerprint density at radius 3 is 2.29 bits per heavy atom. The van der Waals surface area contributed by atoms with Crippen LogP contribution < -0.4 is 5.32 Å². The lowest BCUT2D eigenvalue weighted by molar-refractivity contribution is -0.121. The molecule has 0 spiro atoms. The number of carbonyl (C=O) groups is 2. The van der Waals surface area contributed by atoms with E-state index in [9.17, 15) is 9.59 Å². The van der Waals surface area contributed by atoms with E-state index in [4.69, 9.17) is 11.6 Å². The van der Waals surface area contributed by atoms with Crippen LogP contribution in [0.1, 0.15) is 35.7 Å². The Labute approximate surface area is 155 Å². The summed E-state index contributed by atoms with van der Waals surface area (Å²) in [5.41, 5.74) is 1.73. The van der Waals surface area contributed by atoms with Crippen LogP contribution in [-0.4, -0.2) is 17.7 Å². The lowest BCUT2D eigenvalue weighted by Crippen LogP contribution is -2.34. The van der Waals surface area contributed by atoms with Crippen LogP contribution in [0.5, 0.6) is 0 Å². The van der Waals surface area contributed by atoms with Crippen LogP contribution in [0.3, 0.4) is 0 Å². The smallest absolute Gasteiger partial charge is 0.220 e. The molecule has 0 heterocycles. The van der Waals surface area contributed by atoms with Gasteiger partial charge in [0.1, 0.15) is 0 Å². The Morgan fingerprint density at radius 2 is 1.67 bits per heavy atom. The largest absolute Gasteiger partial charge is 0.353 e. The molecule has 2 aromatic rings. The van der Waals surface area contributed by atoms with Crippen molar-refractivity contribution in [1.29, 1.82) is 0 Å². The maximum Gasteiger partial charge on any atom is 0.220 e. The molecule has 1 amide bonds. The summed E-state index contributed by atoms with van der Waals surface area (Å²) >= 11 is 9.20. The van der Waals surface area contributed by atoms with E-state index in [1.54, 1.807) is 24.3 Å². The molecular weight excluding hydrogens is 390 g/mol. The van der Waals surface area contributed by atoms with E-state index < -0.39 is 0 Å². The van der Waals surface area contributed by atoms with E-state index in [-0.39, 0.29) is 30.6 Å². The van der Waals surface area contributed by atoms with Crippen LogP contribution in [0.15, 0.2) is 53.0 Å². The average molecular weight is 409 g/mol. The summed E-state index contributed by atoms with van der Waals surface area (Å²) in [4.78, 5) is 24.0. The molecule has 1 unspecified atom stereocenters. The molecule has 0 saturated heterocycles. The lowest BCUT2D eigenvalue weighted by Gasteiger charge is -2.14. The van der Waals surface area contributed by atoms with Gasteiger partial charge in [-0.1, -0.05) is 39.7 Å². The molecule has 0 radical (unpaired) electrons. The van der Waals surface area contributed by atoms with E-state index in [0.717, 1.165) is 16.5 Å². The van der Waals surface area contributed by atoms with Crippen LogP contribution in [0.2, 0.25) is 5.02 Å². The minimum atomic E-state index is -0.109. The van der Waals surface area contributed by atoms with Gasteiger partial charge in [0.2, 0.25) is 5.91 Å².